The number of halogens is 3. The van der Waals surface area contributed by atoms with Crippen LogP contribution in [0.1, 0.15) is 17.9 Å². The van der Waals surface area contributed by atoms with Gasteiger partial charge in [-0.2, -0.15) is 0 Å². The van der Waals surface area contributed by atoms with E-state index in [0.29, 0.717) is 12.0 Å². The van der Waals surface area contributed by atoms with Crippen molar-refractivity contribution >= 4 is 35.7 Å². The van der Waals surface area contributed by atoms with Crippen molar-refractivity contribution in [3.63, 3.8) is 0 Å². The summed E-state index contributed by atoms with van der Waals surface area (Å²) in [5.41, 5.74) is 0.415. The molecule has 0 N–H and O–H groups in total. The second kappa shape index (κ2) is 3.71. The summed E-state index contributed by atoms with van der Waals surface area (Å²) in [6.45, 7) is 0. The van der Waals surface area contributed by atoms with Gasteiger partial charge >= 0.3 is 0 Å². The summed E-state index contributed by atoms with van der Waals surface area (Å²) in [7, 11) is 1.64. The van der Waals surface area contributed by atoms with Crippen LogP contribution in [0.4, 0.5) is 4.39 Å². The SMILES string of the molecule is O=S(=O)(Cl)C1CC1c1cc(Br)ccc1F. The zero-order valence-electron chi connectivity index (χ0n) is 7.45. The molecule has 0 heterocycles. The molecular formula is C9H7BrClFO2S. The quantitative estimate of drug-likeness (QED) is 0.787. The molecule has 0 bridgehead atoms. The van der Waals surface area contributed by atoms with E-state index in [9.17, 15) is 12.8 Å². The fraction of sp³-hybridized carbons (Fsp3) is 0.333. The summed E-state index contributed by atoms with van der Waals surface area (Å²) >= 11 is 3.21. The average Bonchev–Trinajstić information content (AvgIpc) is 2.87. The molecule has 1 aromatic carbocycles. The molecule has 1 aliphatic rings. The molecule has 6 heteroatoms. The van der Waals surface area contributed by atoms with Crippen LogP contribution in [0, 0.1) is 5.82 Å². The van der Waals surface area contributed by atoms with Crippen LogP contribution in [0.2, 0.25) is 0 Å². The molecule has 0 radical (unpaired) electrons. The zero-order chi connectivity index (χ0) is 11.2. The van der Waals surface area contributed by atoms with Crippen LogP contribution in [0.25, 0.3) is 0 Å². The van der Waals surface area contributed by atoms with Crippen molar-refractivity contribution in [2.24, 2.45) is 0 Å². The van der Waals surface area contributed by atoms with Crippen LogP contribution >= 0.6 is 26.6 Å². The number of rotatable bonds is 2. The molecule has 15 heavy (non-hydrogen) atoms. The van der Waals surface area contributed by atoms with Gasteiger partial charge in [-0.05, 0) is 30.2 Å². The summed E-state index contributed by atoms with van der Waals surface area (Å²) in [6, 6.07) is 4.49. The van der Waals surface area contributed by atoms with E-state index in [1.165, 1.54) is 6.07 Å². The minimum absolute atomic E-state index is 0.301. The van der Waals surface area contributed by atoms with Gasteiger partial charge in [-0.15, -0.1) is 0 Å². The normalized spacial score (nSPS) is 25.3. The van der Waals surface area contributed by atoms with Gasteiger partial charge in [0.1, 0.15) is 5.82 Å². The highest BCUT2D eigenvalue weighted by Crippen LogP contribution is 2.48. The van der Waals surface area contributed by atoms with E-state index in [4.69, 9.17) is 10.7 Å². The molecule has 2 nitrogen and oxygen atoms in total. The number of hydrogen-bond donors (Lipinski definition) is 0. The molecule has 1 aromatic rings. The molecule has 2 rings (SSSR count). The highest BCUT2D eigenvalue weighted by molar-refractivity contribution is 9.10. The topological polar surface area (TPSA) is 34.1 Å². The van der Waals surface area contributed by atoms with Crippen LogP contribution in [0.3, 0.4) is 0 Å². The number of benzene rings is 1. The van der Waals surface area contributed by atoms with Gasteiger partial charge in [-0.3, -0.25) is 0 Å². The Hall–Kier alpha value is -0.130. The Kier molecular flexibility index (Phi) is 2.81. The fourth-order valence-electron chi connectivity index (χ4n) is 1.61. The van der Waals surface area contributed by atoms with Crippen LogP contribution < -0.4 is 0 Å². The summed E-state index contributed by atoms with van der Waals surface area (Å²) in [6.07, 6.45) is 0.402. The molecule has 1 aliphatic carbocycles. The van der Waals surface area contributed by atoms with Crippen molar-refractivity contribution in [3.05, 3.63) is 34.1 Å². The predicted molar refractivity (Wildman–Crippen MR) is 60.0 cm³/mol. The predicted octanol–water partition coefficient (Wildman–Crippen LogP) is 3.01. The maximum Gasteiger partial charge on any atom is 0.236 e. The minimum atomic E-state index is -3.57. The van der Waals surface area contributed by atoms with Crippen LogP contribution in [-0.2, 0) is 9.05 Å². The molecule has 0 amide bonds. The van der Waals surface area contributed by atoms with Gasteiger partial charge in [0.25, 0.3) is 0 Å². The largest absolute Gasteiger partial charge is 0.236 e. The van der Waals surface area contributed by atoms with Crippen LogP contribution in [0.15, 0.2) is 22.7 Å². The van der Waals surface area contributed by atoms with E-state index >= 15 is 0 Å². The Morgan fingerprint density at radius 1 is 1.47 bits per heavy atom. The molecule has 82 valence electrons. The van der Waals surface area contributed by atoms with Gasteiger partial charge in [-0.25, -0.2) is 12.8 Å². The van der Waals surface area contributed by atoms with Crippen molar-refractivity contribution in [1.82, 2.24) is 0 Å². The second-order valence-corrected chi connectivity index (χ2v) is 7.28. The zero-order valence-corrected chi connectivity index (χ0v) is 10.6. The molecule has 0 spiro atoms. The first-order valence-electron chi connectivity index (χ1n) is 4.28. The first-order chi connectivity index (χ1) is 6.89. The van der Waals surface area contributed by atoms with Crippen molar-refractivity contribution < 1.29 is 12.8 Å². The number of hydrogen-bond acceptors (Lipinski definition) is 2. The lowest BCUT2D eigenvalue weighted by molar-refractivity contribution is 0.603. The third-order valence-electron chi connectivity index (χ3n) is 2.45. The average molecular weight is 314 g/mol. The molecule has 1 fully saturated rings. The molecule has 1 saturated carbocycles. The van der Waals surface area contributed by atoms with E-state index in [-0.39, 0.29) is 11.7 Å². The lowest BCUT2D eigenvalue weighted by Gasteiger charge is -2.01. The third kappa shape index (κ3) is 2.34. The Morgan fingerprint density at radius 3 is 2.67 bits per heavy atom. The Labute approximate surface area is 100.0 Å². The maximum atomic E-state index is 13.4. The summed E-state index contributed by atoms with van der Waals surface area (Å²) < 4.78 is 36.1. The van der Waals surface area contributed by atoms with Crippen LogP contribution in [-0.4, -0.2) is 13.7 Å². The molecular weight excluding hydrogens is 307 g/mol. The van der Waals surface area contributed by atoms with Crippen molar-refractivity contribution in [2.45, 2.75) is 17.6 Å². The van der Waals surface area contributed by atoms with Gasteiger partial charge < -0.3 is 0 Å². The highest BCUT2D eigenvalue weighted by Gasteiger charge is 2.48. The Bertz CT molecular complexity index is 503. The summed E-state index contributed by atoms with van der Waals surface area (Å²) in [5.74, 6) is -0.684. The highest BCUT2D eigenvalue weighted by atomic mass is 79.9. The smallest absolute Gasteiger partial charge is 0.212 e. The third-order valence-corrected chi connectivity index (χ3v) is 4.88. The first-order valence-corrected chi connectivity index (χ1v) is 7.44. The van der Waals surface area contributed by atoms with Crippen molar-refractivity contribution in [2.75, 3.05) is 0 Å². The second-order valence-electron chi connectivity index (χ2n) is 3.52. The standard InChI is InChI=1S/C9H7BrClFO2S/c10-5-1-2-8(12)6(3-5)7-4-9(7)15(11,13)14/h1-3,7,9H,4H2. The van der Waals surface area contributed by atoms with Gasteiger partial charge in [0.2, 0.25) is 9.05 Å². The van der Waals surface area contributed by atoms with E-state index < -0.39 is 14.3 Å². The molecule has 0 saturated heterocycles. The lowest BCUT2D eigenvalue weighted by atomic mass is 10.1. The maximum absolute atomic E-state index is 13.4. The molecule has 2 unspecified atom stereocenters. The monoisotopic (exact) mass is 312 g/mol. The van der Waals surface area contributed by atoms with Gasteiger partial charge in [-0.1, -0.05) is 15.9 Å². The van der Waals surface area contributed by atoms with E-state index in [1.54, 1.807) is 12.1 Å². The van der Waals surface area contributed by atoms with Gasteiger partial charge in [0.15, 0.2) is 0 Å². The van der Waals surface area contributed by atoms with Gasteiger partial charge in [0.05, 0.1) is 5.25 Å². The summed E-state index contributed by atoms with van der Waals surface area (Å²) in [4.78, 5) is 0. The Balaban J connectivity index is 2.31. The van der Waals surface area contributed by atoms with Crippen LogP contribution in [0.5, 0.6) is 0 Å². The van der Waals surface area contributed by atoms with E-state index in [2.05, 4.69) is 15.9 Å². The molecule has 0 aliphatic heterocycles. The van der Waals surface area contributed by atoms with E-state index in [1.807, 2.05) is 0 Å². The first kappa shape index (κ1) is 11.4. The lowest BCUT2D eigenvalue weighted by Crippen LogP contribution is -2.00. The Morgan fingerprint density at radius 2 is 2.13 bits per heavy atom. The van der Waals surface area contributed by atoms with Gasteiger partial charge in [0, 0.05) is 21.1 Å². The van der Waals surface area contributed by atoms with Crippen molar-refractivity contribution in [3.8, 4) is 0 Å². The van der Waals surface area contributed by atoms with E-state index in [0.717, 1.165) is 4.47 Å². The molecule has 0 aromatic heterocycles. The minimum Gasteiger partial charge on any atom is -0.212 e. The molecule has 2 atom stereocenters. The fourth-order valence-corrected chi connectivity index (χ4v) is 3.55. The van der Waals surface area contributed by atoms with Crippen molar-refractivity contribution in [1.29, 1.82) is 0 Å². The summed E-state index contributed by atoms with van der Waals surface area (Å²) in [5, 5.41) is -0.636.